The van der Waals surface area contributed by atoms with Crippen molar-refractivity contribution in [3.05, 3.63) is 51.5 Å². The van der Waals surface area contributed by atoms with Crippen molar-refractivity contribution in [1.82, 2.24) is 4.98 Å². The summed E-state index contributed by atoms with van der Waals surface area (Å²) in [5.74, 6) is 0.523. The van der Waals surface area contributed by atoms with Gasteiger partial charge in [0.05, 0.1) is 5.57 Å². The van der Waals surface area contributed by atoms with Crippen molar-refractivity contribution in [3.63, 3.8) is 0 Å². The van der Waals surface area contributed by atoms with Crippen LogP contribution >= 0.6 is 11.3 Å². The molecule has 0 fully saturated rings. The van der Waals surface area contributed by atoms with E-state index in [4.69, 9.17) is 0 Å². The van der Waals surface area contributed by atoms with Gasteiger partial charge in [0.1, 0.15) is 11.1 Å². The van der Waals surface area contributed by atoms with E-state index in [1.54, 1.807) is 0 Å². The second-order valence-electron chi connectivity index (χ2n) is 4.79. The monoisotopic (exact) mass is 268 g/mol. The second kappa shape index (κ2) is 5.81. The van der Waals surface area contributed by atoms with E-state index in [0.717, 1.165) is 16.3 Å². The van der Waals surface area contributed by atoms with Gasteiger partial charge in [0, 0.05) is 11.1 Å². The van der Waals surface area contributed by atoms with E-state index in [1.165, 1.54) is 16.9 Å². The maximum absolute atomic E-state index is 9.24. The summed E-state index contributed by atoms with van der Waals surface area (Å²) in [6, 6.07) is 10.5. The Hall–Kier alpha value is -1.92. The first kappa shape index (κ1) is 13.5. The number of hydrogen-bond donors (Lipinski definition) is 0. The Labute approximate surface area is 118 Å². The molecular weight excluding hydrogens is 252 g/mol. The lowest BCUT2D eigenvalue weighted by Crippen LogP contribution is -1.87. The van der Waals surface area contributed by atoms with E-state index in [-0.39, 0.29) is 0 Å². The topological polar surface area (TPSA) is 36.7 Å². The highest BCUT2D eigenvalue weighted by Gasteiger charge is 2.05. The first-order valence-electron chi connectivity index (χ1n) is 6.24. The van der Waals surface area contributed by atoms with Gasteiger partial charge >= 0.3 is 0 Å². The Morgan fingerprint density at radius 1 is 1.32 bits per heavy atom. The SMILES string of the molecule is Cc1csc(/C(C#N)=C/c2ccc(C(C)C)cc2)n1. The molecule has 2 aromatic rings. The maximum atomic E-state index is 9.24. The van der Waals surface area contributed by atoms with Crippen molar-refractivity contribution in [3.8, 4) is 6.07 Å². The van der Waals surface area contributed by atoms with Crippen LogP contribution in [-0.4, -0.2) is 4.98 Å². The molecule has 0 saturated heterocycles. The molecular formula is C16H16N2S. The molecule has 0 atom stereocenters. The van der Waals surface area contributed by atoms with Crippen LogP contribution in [0.1, 0.15) is 41.6 Å². The van der Waals surface area contributed by atoms with Crippen molar-refractivity contribution in [1.29, 1.82) is 5.26 Å². The Morgan fingerprint density at radius 2 is 2.00 bits per heavy atom. The summed E-state index contributed by atoms with van der Waals surface area (Å²) in [6.07, 6.45) is 1.89. The first-order valence-corrected chi connectivity index (χ1v) is 7.12. The molecule has 0 aliphatic rings. The van der Waals surface area contributed by atoms with Crippen LogP contribution in [0.4, 0.5) is 0 Å². The Morgan fingerprint density at radius 3 is 2.47 bits per heavy atom. The van der Waals surface area contributed by atoms with Crippen molar-refractivity contribution < 1.29 is 0 Å². The van der Waals surface area contributed by atoms with Gasteiger partial charge in [-0.3, -0.25) is 0 Å². The van der Waals surface area contributed by atoms with Gasteiger partial charge in [-0.05, 0) is 30.0 Å². The van der Waals surface area contributed by atoms with Crippen LogP contribution in [0.15, 0.2) is 29.6 Å². The van der Waals surface area contributed by atoms with Gasteiger partial charge in [-0.2, -0.15) is 5.26 Å². The van der Waals surface area contributed by atoms with Gasteiger partial charge in [0.2, 0.25) is 0 Å². The van der Waals surface area contributed by atoms with E-state index < -0.39 is 0 Å². The highest BCUT2D eigenvalue weighted by Crippen LogP contribution is 2.22. The second-order valence-corrected chi connectivity index (χ2v) is 5.64. The number of allylic oxidation sites excluding steroid dienone is 1. The molecule has 0 aliphatic carbocycles. The summed E-state index contributed by atoms with van der Waals surface area (Å²) in [6.45, 7) is 6.28. The highest BCUT2D eigenvalue weighted by molar-refractivity contribution is 7.11. The lowest BCUT2D eigenvalue weighted by molar-refractivity contribution is 0.866. The number of aromatic nitrogens is 1. The zero-order chi connectivity index (χ0) is 13.8. The van der Waals surface area contributed by atoms with Crippen LogP contribution in [0.25, 0.3) is 11.6 Å². The van der Waals surface area contributed by atoms with Gasteiger partial charge in [-0.15, -0.1) is 11.3 Å². The number of hydrogen-bond acceptors (Lipinski definition) is 3. The maximum Gasteiger partial charge on any atom is 0.134 e. The number of nitrogens with zero attached hydrogens (tertiary/aromatic N) is 2. The summed E-state index contributed by atoms with van der Waals surface area (Å²) in [4.78, 5) is 4.35. The lowest BCUT2D eigenvalue weighted by atomic mass is 10.0. The van der Waals surface area contributed by atoms with Crippen molar-refractivity contribution >= 4 is 23.0 Å². The summed E-state index contributed by atoms with van der Waals surface area (Å²) < 4.78 is 0. The van der Waals surface area contributed by atoms with Crippen LogP contribution in [0.2, 0.25) is 0 Å². The third-order valence-corrected chi connectivity index (χ3v) is 3.88. The molecule has 1 aromatic heterocycles. The zero-order valence-corrected chi connectivity index (χ0v) is 12.2. The van der Waals surface area contributed by atoms with Crippen LogP contribution in [0, 0.1) is 18.3 Å². The number of nitriles is 1. The summed E-state index contributed by atoms with van der Waals surface area (Å²) >= 11 is 1.51. The molecule has 0 N–H and O–H groups in total. The fraction of sp³-hybridized carbons (Fsp3) is 0.250. The summed E-state index contributed by atoms with van der Waals surface area (Å²) in [5, 5.41) is 12.0. The number of benzene rings is 1. The quantitative estimate of drug-likeness (QED) is 0.760. The van der Waals surface area contributed by atoms with Crippen molar-refractivity contribution in [2.24, 2.45) is 0 Å². The summed E-state index contributed by atoms with van der Waals surface area (Å²) in [5.41, 5.74) is 3.92. The molecule has 96 valence electrons. The van der Waals surface area contributed by atoms with Crippen LogP contribution in [-0.2, 0) is 0 Å². The fourth-order valence-corrected chi connectivity index (χ4v) is 2.53. The molecule has 0 radical (unpaired) electrons. The molecule has 0 unspecified atom stereocenters. The molecule has 0 amide bonds. The average Bonchev–Trinajstić information content (AvgIpc) is 2.83. The largest absolute Gasteiger partial charge is 0.241 e. The van der Waals surface area contributed by atoms with Gasteiger partial charge in [-0.1, -0.05) is 38.1 Å². The fourth-order valence-electron chi connectivity index (χ4n) is 1.76. The molecule has 1 aromatic carbocycles. The smallest absolute Gasteiger partial charge is 0.134 e. The predicted octanol–water partition coefficient (Wildman–Crippen LogP) is 4.64. The minimum Gasteiger partial charge on any atom is -0.241 e. The number of rotatable bonds is 3. The molecule has 0 aliphatic heterocycles. The molecule has 0 saturated carbocycles. The van der Waals surface area contributed by atoms with Crippen LogP contribution < -0.4 is 0 Å². The highest BCUT2D eigenvalue weighted by atomic mass is 32.1. The van der Waals surface area contributed by atoms with E-state index in [9.17, 15) is 5.26 Å². The summed E-state index contributed by atoms with van der Waals surface area (Å²) in [7, 11) is 0. The van der Waals surface area contributed by atoms with Gasteiger partial charge in [-0.25, -0.2) is 4.98 Å². The van der Waals surface area contributed by atoms with E-state index in [2.05, 4.69) is 37.0 Å². The minimum atomic E-state index is 0.523. The van der Waals surface area contributed by atoms with Crippen molar-refractivity contribution in [2.45, 2.75) is 26.7 Å². The molecule has 3 heteroatoms. The average molecular weight is 268 g/mol. The Balaban J connectivity index is 2.31. The van der Waals surface area contributed by atoms with E-state index >= 15 is 0 Å². The first-order chi connectivity index (χ1) is 9.10. The third-order valence-electron chi connectivity index (χ3n) is 2.88. The zero-order valence-electron chi connectivity index (χ0n) is 11.3. The van der Waals surface area contributed by atoms with E-state index in [1.807, 2.05) is 30.5 Å². The third kappa shape index (κ3) is 3.30. The van der Waals surface area contributed by atoms with Gasteiger partial charge in [0.15, 0.2) is 0 Å². The molecule has 0 spiro atoms. The molecule has 0 bridgehead atoms. The van der Waals surface area contributed by atoms with Crippen molar-refractivity contribution in [2.75, 3.05) is 0 Å². The molecule has 2 rings (SSSR count). The predicted molar refractivity (Wildman–Crippen MR) is 80.9 cm³/mol. The van der Waals surface area contributed by atoms with Crippen LogP contribution in [0.5, 0.6) is 0 Å². The van der Waals surface area contributed by atoms with Crippen LogP contribution in [0.3, 0.4) is 0 Å². The van der Waals surface area contributed by atoms with E-state index in [0.29, 0.717) is 11.5 Å². The minimum absolute atomic E-state index is 0.523. The number of thiazole rings is 1. The van der Waals surface area contributed by atoms with Gasteiger partial charge < -0.3 is 0 Å². The Bertz CT molecular complexity index is 628. The lowest BCUT2D eigenvalue weighted by Gasteiger charge is -2.04. The molecule has 19 heavy (non-hydrogen) atoms. The molecule has 1 heterocycles. The normalized spacial score (nSPS) is 11.6. The number of aryl methyl sites for hydroxylation is 1. The Kier molecular flexibility index (Phi) is 4.13. The van der Waals surface area contributed by atoms with Gasteiger partial charge in [0.25, 0.3) is 0 Å². The standard InChI is InChI=1S/C16H16N2S/c1-11(2)14-6-4-13(5-7-14)8-15(9-17)16-18-12(3)10-19-16/h4-8,10-11H,1-3H3/b15-8+. The molecule has 2 nitrogen and oxygen atoms in total.